The van der Waals surface area contributed by atoms with Crippen molar-refractivity contribution in [1.82, 2.24) is 0 Å². The quantitative estimate of drug-likeness (QED) is 0.889. The summed E-state index contributed by atoms with van der Waals surface area (Å²) in [6.45, 7) is 4.82. The molecule has 1 aromatic carbocycles. The van der Waals surface area contributed by atoms with Crippen molar-refractivity contribution in [2.45, 2.75) is 20.4 Å². The number of amides is 1. The number of aryl methyl sites for hydroxylation is 2. The molecule has 2 rings (SSSR count). The maximum atomic E-state index is 11.1. The second kappa shape index (κ2) is 5.75. The monoisotopic (exact) mass is 338 g/mol. The van der Waals surface area contributed by atoms with Gasteiger partial charge in [-0.25, -0.2) is 0 Å². The SMILES string of the molecule is Cc1cc(C(N)=O)ccc1NCc1cc(Br)c(C)s1. The normalized spacial score (nSPS) is 10.5. The zero-order valence-corrected chi connectivity index (χ0v) is 13.2. The topological polar surface area (TPSA) is 55.1 Å². The summed E-state index contributed by atoms with van der Waals surface area (Å²) in [7, 11) is 0. The highest BCUT2D eigenvalue weighted by Crippen LogP contribution is 2.27. The molecule has 3 nitrogen and oxygen atoms in total. The third-order valence-corrected chi connectivity index (χ3v) is 5.01. The second-order valence-electron chi connectivity index (χ2n) is 4.36. The van der Waals surface area contributed by atoms with E-state index < -0.39 is 5.91 Å². The standard InChI is InChI=1S/C14H15BrN2OS/c1-8-5-10(14(16)18)3-4-13(8)17-7-11-6-12(15)9(2)19-11/h3-6,17H,7H2,1-2H3,(H2,16,18). The predicted octanol–water partition coefficient (Wildman–Crippen LogP) is 3.84. The molecule has 0 fully saturated rings. The number of nitrogens with two attached hydrogens (primary N) is 1. The molecule has 0 aliphatic rings. The zero-order chi connectivity index (χ0) is 14.0. The summed E-state index contributed by atoms with van der Waals surface area (Å²) in [5.74, 6) is -0.396. The highest BCUT2D eigenvalue weighted by atomic mass is 79.9. The van der Waals surface area contributed by atoms with Crippen molar-refractivity contribution in [3.63, 3.8) is 0 Å². The van der Waals surface area contributed by atoms with Gasteiger partial charge in [0.15, 0.2) is 0 Å². The average Bonchev–Trinajstić information content (AvgIpc) is 2.67. The summed E-state index contributed by atoms with van der Waals surface area (Å²) in [6, 6.07) is 7.57. The van der Waals surface area contributed by atoms with Crippen LogP contribution in [0.1, 0.15) is 25.7 Å². The summed E-state index contributed by atoms with van der Waals surface area (Å²) in [4.78, 5) is 13.6. The van der Waals surface area contributed by atoms with Crippen molar-refractivity contribution in [3.05, 3.63) is 49.6 Å². The largest absolute Gasteiger partial charge is 0.380 e. The Morgan fingerprint density at radius 1 is 1.37 bits per heavy atom. The molecule has 19 heavy (non-hydrogen) atoms. The number of hydrogen-bond acceptors (Lipinski definition) is 3. The second-order valence-corrected chi connectivity index (χ2v) is 6.56. The van der Waals surface area contributed by atoms with Crippen LogP contribution in [0.3, 0.4) is 0 Å². The summed E-state index contributed by atoms with van der Waals surface area (Å²) in [5.41, 5.74) is 7.83. The van der Waals surface area contributed by atoms with Crippen LogP contribution < -0.4 is 11.1 Å². The zero-order valence-electron chi connectivity index (χ0n) is 10.8. The Balaban J connectivity index is 2.09. The van der Waals surface area contributed by atoms with Gasteiger partial charge in [-0.05, 0) is 59.6 Å². The summed E-state index contributed by atoms with van der Waals surface area (Å²) >= 11 is 5.28. The Morgan fingerprint density at radius 3 is 2.63 bits per heavy atom. The molecule has 2 aromatic rings. The number of anilines is 1. The number of primary amides is 1. The molecule has 0 atom stereocenters. The third-order valence-electron chi connectivity index (χ3n) is 2.87. The van der Waals surface area contributed by atoms with Crippen LogP contribution in [0.5, 0.6) is 0 Å². The Labute approximate surface area is 125 Å². The maximum Gasteiger partial charge on any atom is 0.248 e. The first-order valence-corrected chi connectivity index (χ1v) is 7.47. The van der Waals surface area contributed by atoms with Crippen molar-refractivity contribution in [3.8, 4) is 0 Å². The van der Waals surface area contributed by atoms with E-state index in [4.69, 9.17) is 5.73 Å². The fourth-order valence-corrected chi connectivity index (χ4v) is 3.34. The molecule has 1 heterocycles. The van der Waals surface area contributed by atoms with Gasteiger partial charge in [-0.3, -0.25) is 4.79 Å². The Bertz CT molecular complexity index is 602. The molecule has 1 aromatic heterocycles. The summed E-state index contributed by atoms with van der Waals surface area (Å²) < 4.78 is 1.15. The number of nitrogens with one attached hydrogen (secondary N) is 1. The number of benzene rings is 1. The van der Waals surface area contributed by atoms with Crippen molar-refractivity contribution >= 4 is 38.9 Å². The first kappa shape index (κ1) is 14.1. The van der Waals surface area contributed by atoms with Gasteiger partial charge < -0.3 is 11.1 Å². The molecule has 0 saturated carbocycles. The number of rotatable bonds is 4. The van der Waals surface area contributed by atoms with Crippen molar-refractivity contribution < 1.29 is 4.79 Å². The van der Waals surface area contributed by atoms with Crippen molar-refractivity contribution in [2.75, 3.05) is 5.32 Å². The average molecular weight is 339 g/mol. The Morgan fingerprint density at radius 2 is 2.11 bits per heavy atom. The van der Waals surface area contributed by atoms with E-state index in [1.54, 1.807) is 23.5 Å². The number of halogens is 1. The van der Waals surface area contributed by atoms with E-state index in [1.165, 1.54) is 9.75 Å². The maximum absolute atomic E-state index is 11.1. The van der Waals surface area contributed by atoms with Gasteiger partial charge in [0.25, 0.3) is 0 Å². The lowest BCUT2D eigenvalue weighted by Crippen LogP contribution is -2.11. The minimum Gasteiger partial charge on any atom is -0.380 e. The molecule has 0 bridgehead atoms. The predicted molar refractivity (Wildman–Crippen MR) is 83.8 cm³/mol. The van der Waals surface area contributed by atoms with Gasteiger partial charge in [0, 0.05) is 32.0 Å². The molecule has 5 heteroatoms. The molecular formula is C14H15BrN2OS. The van der Waals surface area contributed by atoms with E-state index >= 15 is 0 Å². The van der Waals surface area contributed by atoms with Gasteiger partial charge in [-0.15, -0.1) is 11.3 Å². The highest BCUT2D eigenvalue weighted by molar-refractivity contribution is 9.10. The van der Waals surface area contributed by atoms with Crippen LogP contribution in [0.4, 0.5) is 5.69 Å². The Hall–Kier alpha value is -1.33. The first-order chi connectivity index (χ1) is 8.97. The van der Waals surface area contributed by atoms with Crippen LogP contribution in [-0.4, -0.2) is 5.91 Å². The van der Waals surface area contributed by atoms with Crippen LogP contribution in [0.15, 0.2) is 28.7 Å². The van der Waals surface area contributed by atoms with Crippen molar-refractivity contribution in [1.29, 1.82) is 0 Å². The fraction of sp³-hybridized carbons (Fsp3) is 0.214. The molecule has 3 N–H and O–H groups in total. The molecule has 0 saturated heterocycles. The molecule has 0 unspecified atom stereocenters. The van der Waals surface area contributed by atoms with Gasteiger partial charge in [0.1, 0.15) is 0 Å². The summed E-state index contributed by atoms with van der Waals surface area (Å²) in [5, 5.41) is 3.37. The molecule has 0 spiro atoms. The highest BCUT2D eigenvalue weighted by Gasteiger charge is 2.06. The smallest absolute Gasteiger partial charge is 0.248 e. The van der Waals surface area contributed by atoms with Crippen molar-refractivity contribution in [2.24, 2.45) is 5.73 Å². The first-order valence-electron chi connectivity index (χ1n) is 5.86. The lowest BCUT2D eigenvalue weighted by Gasteiger charge is -2.09. The van der Waals surface area contributed by atoms with E-state index in [9.17, 15) is 4.79 Å². The van der Waals surface area contributed by atoms with Crippen LogP contribution >= 0.6 is 27.3 Å². The van der Waals surface area contributed by atoms with Gasteiger partial charge in [0.05, 0.1) is 0 Å². The lowest BCUT2D eigenvalue weighted by molar-refractivity contribution is 0.1000. The van der Waals surface area contributed by atoms with E-state index in [2.05, 4.69) is 34.2 Å². The van der Waals surface area contributed by atoms with Crippen LogP contribution in [0.2, 0.25) is 0 Å². The van der Waals surface area contributed by atoms with Crippen LogP contribution in [0.25, 0.3) is 0 Å². The molecule has 0 radical (unpaired) electrons. The van der Waals surface area contributed by atoms with E-state index in [1.807, 2.05) is 13.0 Å². The number of hydrogen-bond donors (Lipinski definition) is 2. The van der Waals surface area contributed by atoms with Gasteiger partial charge in [-0.1, -0.05) is 0 Å². The molecule has 100 valence electrons. The van der Waals surface area contributed by atoms with E-state index in [0.29, 0.717) is 5.56 Å². The number of thiophene rings is 1. The number of carbonyl (C=O) groups excluding carboxylic acids is 1. The lowest BCUT2D eigenvalue weighted by atomic mass is 10.1. The van der Waals surface area contributed by atoms with E-state index in [-0.39, 0.29) is 0 Å². The molecule has 0 aliphatic heterocycles. The fourth-order valence-electron chi connectivity index (χ4n) is 1.80. The van der Waals surface area contributed by atoms with Gasteiger partial charge in [-0.2, -0.15) is 0 Å². The summed E-state index contributed by atoms with van der Waals surface area (Å²) in [6.07, 6.45) is 0. The molecular weight excluding hydrogens is 324 g/mol. The van der Waals surface area contributed by atoms with Gasteiger partial charge >= 0.3 is 0 Å². The minimum atomic E-state index is -0.396. The molecule has 1 amide bonds. The van der Waals surface area contributed by atoms with E-state index in [0.717, 1.165) is 22.3 Å². The minimum absolute atomic E-state index is 0.396. The van der Waals surface area contributed by atoms with Crippen LogP contribution in [0, 0.1) is 13.8 Å². The molecule has 0 aliphatic carbocycles. The van der Waals surface area contributed by atoms with Gasteiger partial charge in [0.2, 0.25) is 5.91 Å². The Kier molecular flexibility index (Phi) is 4.27. The third kappa shape index (κ3) is 3.36. The van der Waals surface area contributed by atoms with Crippen LogP contribution in [-0.2, 0) is 6.54 Å². The number of carbonyl (C=O) groups is 1.